The summed E-state index contributed by atoms with van der Waals surface area (Å²) >= 11 is 0. The Morgan fingerprint density at radius 1 is 1.16 bits per heavy atom. The number of pyridine rings is 1. The Bertz CT molecular complexity index is 959. The van der Waals surface area contributed by atoms with E-state index in [-0.39, 0.29) is 11.8 Å². The molecule has 3 rings (SSSR count). The lowest BCUT2D eigenvalue weighted by atomic mass is 10.1. The Morgan fingerprint density at radius 3 is 2.68 bits per heavy atom. The summed E-state index contributed by atoms with van der Waals surface area (Å²) in [6, 6.07) is 9.02. The maximum atomic E-state index is 12.6. The molecule has 0 aliphatic heterocycles. The number of nitrogens with zero attached hydrogens (tertiary/aromatic N) is 2. The van der Waals surface area contributed by atoms with E-state index in [1.165, 1.54) is 6.92 Å². The van der Waals surface area contributed by atoms with Crippen LogP contribution in [-0.4, -0.2) is 21.2 Å². The van der Waals surface area contributed by atoms with Gasteiger partial charge in [0.1, 0.15) is 5.65 Å². The number of fused-ring (bicyclic) bond motifs is 1. The van der Waals surface area contributed by atoms with E-state index in [2.05, 4.69) is 15.6 Å². The summed E-state index contributed by atoms with van der Waals surface area (Å²) in [6.45, 7) is 5.38. The molecule has 0 radical (unpaired) electrons. The van der Waals surface area contributed by atoms with Crippen LogP contribution in [0.5, 0.6) is 0 Å². The first kappa shape index (κ1) is 16.7. The number of hydrogen-bond acceptors (Lipinski definition) is 3. The minimum absolute atomic E-state index is 0.151. The second kappa shape index (κ2) is 6.76. The van der Waals surface area contributed by atoms with Gasteiger partial charge < -0.3 is 15.0 Å². The number of rotatable bonds is 4. The first-order valence-electron chi connectivity index (χ1n) is 8.13. The van der Waals surface area contributed by atoms with Gasteiger partial charge in [0.15, 0.2) is 0 Å². The molecule has 0 atom stereocenters. The average molecular weight is 336 g/mol. The third-order valence-electron chi connectivity index (χ3n) is 3.90. The predicted molar refractivity (Wildman–Crippen MR) is 98.0 cm³/mol. The van der Waals surface area contributed by atoms with Crippen molar-refractivity contribution < 1.29 is 9.59 Å². The van der Waals surface area contributed by atoms with Gasteiger partial charge in [-0.2, -0.15) is 0 Å². The van der Waals surface area contributed by atoms with Crippen LogP contribution in [0.25, 0.3) is 5.65 Å². The zero-order chi connectivity index (χ0) is 18.0. The van der Waals surface area contributed by atoms with Crippen molar-refractivity contribution in [3.05, 3.63) is 59.5 Å². The van der Waals surface area contributed by atoms with Gasteiger partial charge in [0.05, 0.1) is 5.69 Å². The van der Waals surface area contributed by atoms with Gasteiger partial charge in [-0.05, 0) is 43.2 Å². The smallest absolute Gasteiger partial charge is 0.255 e. The summed E-state index contributed by atoms with van der Waals surface area (Å²) in [7, 11) is 0. The molecule has 6 nitrogen and oxygen atoms in total. The highest BCUT2D eigenvalue weighted by Gasteiger charge is 2.11. The predicted octanol–water partition coefficient (Wildman–Crippen LogP) is 3.42. The second-order valence-corrected chi connectivity index (χ2v) is 5.92. The summed E-state index contributed by atoms with van der Waals surface area (Å²) in [5.41, 5.74) is 4.50. The van der Waals surface area contributed by atoms with Crippen LogP contribution < -0.4 is 10.6 Å². The maximum Gasteiger partial charge on any atom is 0.255 e. The number of nitrogens with one attached hydrogen (secondary N) is 2. The average Bonchev–Trinajstić information content (AvgIpc) is 2.93. The standard InChI is InChI=1S/C19H20N4O2/c1-4-14-5-6-16(21-13(3)24)10-17(14)22-19(25)15-7-8-23-11-12(2)20-18(23)9-15/h5-11H,4H2,1-3H3,(H,21,24)(H,22,25). The normalized spacial score (nSPS) is 10.7. The molecule has 0 aliphatic carbocycles. The maximum absolute atomic E-state index is 12.6. The first-order chi connectivity index (χ1) is 12.0. The molecule has 3 aromatic rings. The monoisotopic (exact) mass is 336 g/mol. The number of aromatic nitrogens is 2. The highest BCUT2D eigenvalue weighted by Crippen LogP contribution is 2.22. The fourth-order valence-electron chi connectivity index (χ4n) is 2.73. The highest BCUT2D eigenvalue weighted by molar-refractivity contribution is 6.05. The summed E-state index contributed by atoms with van der Waals surface area (Å²) in [5, 5.41) is 5.67. The molecule has 25 heavy (non-hydrogen) atoms. The van der Waals surface area contributed by atoms with Gasteiger partial charge in [-0.3, -0.25) is 9.59 Å². The van der Waals surface area contributed by atoms with E-state index in [0.717, 1.165) is 23.3 Å². The Hall–Kier alpha value is -3.15. The minimum Gasteiger partial charge on any atom is -0.326 e. The van der Waals surface area contributed by atoms with Gasteiger partial charge in [-0.25, -0.2) is 4.98 Å². The Morgan fingerprint density at radius 2 is 1.96 bits per heavy atom. The Balaban J connectivity index is 1.88. The van der Waals surface area contributed by atoms with Crippen LogP contribution in [0.3, 0.4) is 0 Å². The van der Waals surface area contributed by atoms with E-state index in [9.17, 15) is 9.59 Å². The van der Waals surface area contributed by atoms with E-state index in [0.29, 0.717) is 16.9 Å². The molecule has 0 fully saturated rings. The molecular weight excluding hydrogens is 316 g/mol. The van der Waals surface area contributed by atoms with E-state index >= 15 is 0 Å². The molecule has 0 spiro atoms. The largest absolute Gasteiger partial charge is 0.326 e. The second-order valence-electron chi connectivity index (χ2n) is 5.92. The summed E-state index contributed by atoms with van der Waals surface area (Å²) < 4.78 is 1.88. The van der Waals surface area contributed by atoms with E-state index in [4.69, 9.17) is 0 Å². The van der Waals surface area contributed by atoms with Crippen molar-refractivity contribution in [2.45, 2.75) is 27.2 Å². The number of benzene rings is 1. The molecule has 128 valence electrons. The molecule has 0 bridgehead atoms. The zero-order valence-corrected chi connectivity index (χ0v) is 14.5. The summed E-state index contributed by atoms with van der Waals surface area (Å²) in [5.74, 6) is -0.362. The van der Waals surface area contributed by atoms with Crippen LogP contribution in [0, 0.1) is 6.92 Å². The topological polar surface area (TPSA) is 75.5 Å². The molecular formula is C19H20N4O2. The molecule has 2 amide bonds. The lowest BCUT2D eigenvalue weighted by Gasteiger charge is -2.12. The molecule has 0 saturated carbocycles. The fourth-order valence-corrected chi connectivity index (χ4v) is 2.73. The van der Waals surface area contributed by atoms with Gasteiger partial charge in [0.25, 0.3) is 5.91 Å². The molecule has 0 unspecified atom stereocenters. The van der Waals surface area contributed by atoms with Crippen molar-refractivity contribution in [3.8, 4) is 0 Å². The van der Waals surface area contributed by atoms with E-state index < -0.39 is 0 Å². The zero-order valence-electron chi connectivity index (χ0n) is 14.5. The lowest BCUT2D eigenvalue weighted by Crippen LogP contribution is -2.14. The molecule has 2 N–H and O–H groups in total. The van der Waals surface area contributed by atoms with Crippen molar-refractivity contribution >= 4 is 28.8 Å². The van der Waals surface area contributed by atoms with Crippen molar-refractivity contribution in [1.82, 2.24) is 9.38 Å². The van der Waals surface area contributed by atoms with Gasteiger partial charge in [0.2, 0.25) is 5.91 Å². The quantitative estimate of drug-likeness (QED) is 0.766. The van der Waals surface area contributed by atoms with Crippen LogP contribution in [0.15, 0.2) is 42.7 Å². The highest BCUT2D eigenvalue weighted by atomic mass is 16.2. The molecule has 2 aromatic heterocycles. The van der Waals surface area contributed by atoms with Crippen molar-refractivity contribution in [2.24, 2.45) is 0 Å². The number of carbonyl (C=O) groups is 2. The number of amides is 2. The van der Waals surface area contributed by atoms with E-state index in [1.807, 2.05) is 42.8 Å². The SMILES string of the molecule is CCc1ccc(NC(C)=O)cc1NC(=O)c1ccn2cc(C)nc2c1. The summed E-state index contributed by atoms with van der Waals surface area (Å²) in [6.07, 6.45) is 4.50. The lowest BCUT2D eigenvalue weighted by molar-refractivity contribution is -0.114. The molecule has 2 heterocycles. The number of aryl methyl sites for hydroxylation is 2. The van der Waals surface area contributed by atoms with Gasteiger partial charge >= 0.3 is 0 Å². The molecule has 6 heteroatoms. The van der Waals surface area contributed by atoms with Crippen LogP contribution in [0.1, 0.15) is 35.5 Å². The van der Waals surface area contributed by atoms with Crippen LogP contribution >= 0.6 is 0 Å². The van der Waals surface area contributed by atoms with E-state index in [1.54, 1.807) is 18.2 Å². The number of imidazole rings is 1. The molecule has 1 aromatic carbocycles. The van der Waals surface area contributed by atoms with Crippen LogP contribution in [0.4, 0.5) is 11.4 Å². The van der Waals surface area contributed by atoms with Gasteiger partial charge in [0, 0.05) is 36.3 Å². The third-order valence-corrected chi connectivity index (χ3v) is 3.90. The molecule has 0 saturated heterocycles. The van der Waals surface area contributed by atoms with Crippen molar-refractivity contribution in [3.63, 3.8) is 0 Å². The Kier molecular flexibility index (Phi) is 4.52. The fraction of sp³-hybridized carbons (Fsp3) is 0.211. The van der Waals surface area contributed by atoms with Crippen molar-refractivity contribution in [2.75, 3.05) is 10.6 Å². The van der Waals surface area contributed by atoms with Gasteiger partial charge in [-0.15, -0.1) is 0 Å². The summed E-state index contributed by atoms with van der Waals surface area (Å²) in [4.78, 5) is 28.3. The van der Waals surface area contributed by atoms with Crippen LogP contribution in [-0.2, 0) is 11.2 Å². The molecule has 0 aliphatic rings. The minimum atomic E-state index is -0.210. The van der Waals surface area contributed by atoms with Crippen LogP contribution in [0.2, 0.25) is 0 Å². The van der Waals surface area contributed by atoms with Gasteiger partial charge in [-0.1, -0.05) is 13.0 Å². The number of anilines is 2. The number of carbonyl (C=O) groups excluding carboxylic acids is 2. The number of hydrogen-bond donors (Lipinski definition) is 2. The van der Waals surface area contributed by atoms with Crippen molar-refractivity contribution in [1.29, 1.82) is 0 Å². The Labute approximate surface area is 145 Å². The third kappa shape index (κ3) is 3.68. The first-order valence-corrected chi connectivity index (χ1v) is 8.13.